The van der Waals surface area contributed by atoms with Crippen LogP contribution in [0.5, 0.6) is 0 Å². The van der Waals surface area contributed by atoms with E-state index in [1.165, 1.54) is 0 Å². The summed E-state index contributed by atoms with van der Waals surface area (Å²) < 4.78 is 61.0. The number of nitrogens with zero attached hydrogens (tertiary/aromatic N) is 1. The Labute approximate surface area is 94.6 Å². The quantitative estimate of drug-likeness (QED) is 0.617. The smallest absolute Gasteiger partial charge is 0.298 e. The number of aldehydes is 1. The standard InChI is InChI=1S/C8H3BrF5NO/c9-4-1-5(8(12,13)14)15-6(7(10)11)3(4)2-16/h1-2,7H. The van der Waals surface area contributed by atoms with E-state index in [0.29, 0.717) is 6.07 Å². The van der Waals surface area contributed by atoms with Crippen molar-refractivity contribution in [2.45, 2.75) is 12.6 Å². The van der Waals surface area contributed by atoms with Crippen LogP contribution in [-0.4, -0.2) is 11.3 Å². The monoisotopic (exact) mass is 303 g/mol. The number of rotatable bonds is 2. The first kappa shape index (κ1) is 13.0. The highest BCUT2D eigenvalue weighted by Gasteiger charge is 2.35. The molecule has 0 spiro atoms. The fourth-order valence-electron chi connectivity index (χ4n) is 0.971. The molecule has 0 N–H and O–H groups in total. The van der Waals surface area contributed by atoms with Crippen molar-refractivity contribution < 1.29 is 26.7 Å². The van der Waals surface area contributed by atoms with E-state index in [0.717, 1.165) is 0 Å². The summed E-state index contributed by atoms with van der Waals surface area (Å²) >= 11 is 2.61. The molecule has 0 atom stereocenters. The van der Waals surface area contributed by atoms with Gasteiger partial charge in [0.2, 0.25) is 0 Å². The summed E-state index contributed by atoms with van der Waals surface area (Å²) in [6.45, 7) is 0. The fraction of sp³-hybridized carbons (Fsp3) is 0.250. The zero-order valence-electron chi connectivity index (χ0n) is 7.36. The molecule has 0 radical (unpaired) electrons. The minimum absolute atomic E-state index is 0.0265. The molecule has 0 aliphatic carbocycles. The second-order valence-electron chi connectivity index (χ2n) is 2.70. The van der Waals surface area contributed by atoms with Crippen LogP contribution >= 0.6 is 15.9 Å². The van der Waals surface area contributed by atoms with E-state index in [-0.39, 0.29) is 10.8 Å². The molecular formula is C8H3BrF5NO. The van der Waals surface area contributed by atoms with E-state index in [2.05, 4.69) is 20.9 Å². The zero-order chi connectivity index (χ0) is 12.5. The second-order valence-corrected chi connectivity index (χ2v) is 3.56. The minimum Gasteiger partial charge on any atom is -0.298 e. The molecule has 0 saturated carbocycles. The maximum atomic E-state index is 12.4. The Kier molecular flexibility index (Phi) is 3.61. The molecule has 88 valence electrons. The lowest BCUT2D eigenvalue weighted by atomic mass is 10.2. The Morgan fingerprint density at radius 3 is 2.31 bits per heavy atom. The van der Waals surface area contributed by atoms with Gasteiger partial charge >= 0.3 is 6.18 Å². The van der Waals surface area contributed by atoms with Gasteiger partial charge in [-0.15, -0.1) is 0 Å². The van der Waals surface area contributed by atoms with Gasteiger partial charge in [0.15, 0.2) is 6.29 Å². The molecule has 0 aromatic carbocycles. The molecule has 0 aliphatic heterocycles. The summed E-state index contributed by atoms with van der Waals surface area (Å²) in [5.41, 5.74) is -3.24. The molecule has 0 saturated heterocycles. The Morgan fingerprint density at radius 2 is 1.94 bits per heavy atom. The van der Waals surface area contributed by atoms with Gasteiger partial charge in [0.1, 0.15) is 11.4 Å². The van der Waals surface area contributed by atoms with Crippen LogP contribution in [0.3, 0.4) is 0 Å². The van der Waals surface area contributed by atoms with Gasteiger partial charge in [0.05, 0.1) is 5.56 Å². The second kappa shape index (κ2) is 4.44. The average Bonchev–Trinajstić information content (AvgIpc) is 2.14. The van der Waals surface area contributed by atoms with Crippen LogP contribution < -0.4 is 0 Å². The van der Waals surface area contributed by atoms with Gasteiger partial charge in [-0.05, 0) is 22.0 Å². The Morgan fingerprint density at radius 1 is 1.38 bits per heavy atom. The number of aromatic nitrogens is 1. The first-order chi connectivity index (χ1) is 7.27. The van der Waals surface area contributed by atoms with Gasteiger partial charge in [-0.3, -0.25) is 4.79 Å². The first-order valence-corrected chi connectivity index (χ1v) is 4.57. The van der Waals surface area contributed by atoms with Crippen LogP contribution in [0, 0.1) is 0 Å². The molecule has 8 heteroatoms. The molecule has 2 nitrogen and oxygen atoms in total. The number of pyridine rings is 1. The summed E-state index contributed by atoms with van der Waals surface area (Å²) in [4.78, 5) is 13.2. The third kappa shape index (κ3) is 2.55. The molecule has 1 rings (SSSR count). The van der Waals surface area contributed by atoms with Gasteiger partial charge in [0, 0.05) is 4.47 Å². The number of hydrogen-bond acceptors (Lipinski definition) is 2. The maximum Gasteiger partial charge on any atom is 0.433 e. The van der Waals surface area contributed by atoms with Crippen molar-refractivity contribution in [2.24, 2.45) is 0 Å². The lowest BCUT2D eigenvalue weighted by molar-refractivity contribution is -0.141. The third-order valence-electron chi connectivity index (χ3n) is 1.65. The molecule has 0 fully saturated rings. The number of carbonyl (C=O) groups excluding carboxylic acids is 1. The summed E-state index contributed by atoms with van der Waals surface area (Å²) in [5.74, 6) is 0. The minimum atomic E-state index is -4.84. The summed E-state index contributed by atoms with van der Waals surface area (Å²) in [6, 6.07) is 0.482. The van der Waals surface area contributed by atoms with Crippen molar-refractivity contribution in [3.8, 4) is 0 Å². The number of halogens is 6. The molecule has 0 unspecified atom stereocenters. The van der Waals surface area contributed by atoms with Crippen LogP contribution in [0.1, 0.15) is 28.2 Å². The molecule has 1 aromatic heterocycles. The molecule has 0 aliphatic rings. The molecule has 0 amide bonds. The van der Waals surface area contributed by atoms with Gasteiger partial charge in [-0.1, -0.05) is 0 Å². The van der Waals surface area contributed by atoms with Gasteiger partial charge in [0.25, 0.3) is 6.43 Å². The van der Waals surface area contributed by atoms with Crippen LogP contribution in [0.2, 0.25) is 0 Å². The summed E-state index contributed by atoms with van der Waals surface area (Å²) in [6.07, 6.45) is -8.06. The van der Waals surface area contributed by atoms with Crippen molar-refractivity contribution in [3.05, 3.63) is 27.5 Å². The van der Waals surface area contributed by atoms with Gasteiger partial charge in [-0.2, -0.15) is 13.2 Å². The fourth-order valence-corrected chi connectivity index (χ4v) is 1.48. The zero-order valence-corrected chi connectivity index (χ0v) is 8.94. The Bertz CT molecular complexity index is 418. The predicted molar refractivity (Wildman–Crippen MR) is 47.3 cm³/mol. The summed E-state index contributed by atoms with van der Waals surface area (Å²) in [5, 5.41) is 0. The van der Waals surface area contributed by atoms with Crippen LogP contribution in [0.15, 0.2) is 10.5 Å². The number of carbonyl (C=O) groups is 1. The average molecular weight is 304 g/mol. The van der Waals surface area contributed by atoms with Crippen molar-refractivity contribution in [3.63, 3.8) is 0 Å². The maximum absolute atomic E-state index is 12.4. The largest absolute Gasteiger partial charge is 0.433 e. The van der Waals surface area contributed by atoms with E-state index in [9.17, 15) is 26.7 Å². The van der Waals surface area contributed by atoms with Crippen molar-refractivity contribution in [1.29, 1.82) is 0 Å². The van der Waals surface area contributed by atoms with Crippen molar-refractivity contribution in [1.82, 2.24) is 4.98 Å². The summed E-state index contributed by atoms with van der Waals surface area (Å²) in [7, 11) is 0. The van der Waals surface area contributed by atoms with E-state index in [1.54, 1.807) is 0 Å². The van der Waals surface area contributed by atoms with Gasteiger partial charge < -0.3 is 0 Å². The third-order valence-corrected chi connectivity index (χ3v) is 2.31. The number of alkyl halides is 5. The van der Waals surface area contributed by atoms with E-state index < -0.39 is 29.6 Å². The van der Waals surface area contributed by atoms with Crippen molar-refractivity contribution >= 4 is 22.2 Å². The van der Waals surface area contributed by atoms with E-state index in [1.807, 2.05) is 0 Å². The molecule has 16 heavy (non-hydrogen) atoms. The van der Waals surface area contributed by atoms with Crippen molar-refractivity contribution in [2.75, 3.05) is 0 Å². The van der Waals surface area contributed by atoms with Crippen LogP contribution in [0.25, 0.3) is 0 Å². The van der Waals surface area contributed by atoms with Crippen LogP contribution in [-0.2, 0) is 6.18 Å². The predicted octanol–water partition coefficient (Wildman–Crippen LogP) is 3.61. The van der Waals surface area contributed by atoms with E-state index in [4.69, 9.17) is 0 Å². The lowest BCUT2D eigenvalue weighted by Gasteiger charge is -2.10. The molecular weight excluding hydrogens is 301 g/mol. The molecule has 1 heterocycles. The van der Waals surface area contributed by atoms with Crippen LogP contribution in [0.4, 0.5) is 22.0 Å². The Balaban J connectivity index is 3.46. The molecule has 1 aromatic rings. The SMILES string of the molecule is O=Cc1c(Br)cc(C(F)(F)F)nc1C(F)F. The highest BCUT2D eigenvalue weighted by atomic mass is 79.9. The highest BCUT2D eigenvalue weighted by Crippen LogP contribution is 2.33. The highest BCUT2D eigenvalue weighted by molar-refractivity contribution is 9.10. The topological polar surface area (TPSA) is 30.0 Å². The normalized spacial score (nSPS) is 11.9. The first-order valence-electron chi connectivity index (χ1n) is 3.78. The number of hydrogen-bond donors (Lipinski definition) is 0. The molecule has 0 bridgehead atoms. The van der Waals surface area contributed by atoms with E-state index >= 15 is 0 Å². The lowest BCUT2D eigenvalue weighted by Crippen LogP contribution is -2.12. The van der Waals surface area contributed by atoms with Gasteiger partial charge in [-0.25, -0.2) is 13.8 Å². The Hall–Kier alpha value is -1.05.